The van der Waals surface area contributed by atoms with E-state index in [0.29, 0.717) is 6.42 Å². The van der Waals surface area contributed by atoms with E-state index in [4.69, 9.17) is 0 Å². The minimum Gasteiger partial charge on any atom is -0.371 e. The number of hydrogen-bond donors (Lipinski definition) is 3. The Kier molecular flexibility index (Phi) is 4.04. The fourth-order valence-electron chi connectivity index (χ4n) is 6.29. The van der Waals surface area contributed by atoms with Crippen LogP contribution in [0.25, 0.3) is 0 Å². The average Bonchev–Trinajstić information content (AvgIpc) is 3.03. The monoisotopic (exact) mass is 401 g/mol. The smallest absolute Gasteiger partial charge is 0.248 e. The summed E-state index contributed by atoms with van der Waals surface area (Å²) in [4.78, 5) is 13.4. The minimum atomic E-state index is -2.56. The molecule has 3 N–H and O–H groups in total. The quantitative estimate of drug-likeness (QED) is 0.708. The van der Waals surface area contributed by atoms with E-state index in [1.54, 1.807) is 0 Å². The molecule has 29 heavy (non-hydrogen) atoms. The van der Waals surface area contributed by atoms with Crippen LogP contribution in [0.1, 0.15) is 52.0 Å². The summed E-state index contributed by atoms with van der Waals surface area (Å²) in [5, 5.41) is 3.58. The van der Waals surface area contributed by atoms with Crippen molar-refractivity contribution in [3.63, 3.8) is 0 Å². The van der Waals surface area contributed by atoms with Crippen LogP contribution in [0.15, 0.2) is 41.6 Å². The Morgan fingerprint density at radius 1 is 1.00 bits per heavy atom. The number of carbonyl (C=O) groups is 1. The Hall–Kier alpha value is -1.79. The summed E-state index contributed by atoms with van der Waals surface area (Å²) in [6.45, 7) is 6.40. The molecule has 5 rings (SSSR count). The zero-order chi connectivity index (χ0) is 20.6. The van der Waals surface area contributed by atoms with E-state index in [9.17, 15) is 13.6 Å². The highest BCUT2D eigenvalue weighted by molar-refractivity contribution is 6.00. The molecule has 1 saturated heterocycles. The van der Waals surface area contributed by atoms with E-state index in [0.717, 1.165) is 23.3 Å². The van der Waals surface area contributed by atoms with Crippen LogP contribution in [0.4, 0.5) is 8.78 Å². The van der Waals surface area contributed by atoms with Gasteiger partial charge >= 0.3 is 0 Å². The third-order valence-corrected chi connectivity index (χ3v) is 7.55. The predicted octanol–water partition coefficient (Wildman–Crippen LogP) is 3.65. The van der Waals surface area contributed by atoms with Crippen LogP contribution in [0.3, 0.4) is 0 Å². The van der Waals surface area contributed by atoms with Gasteiger partial charge in [0.15, 0.2) is 5.78 Å². The second kappa shape index (κ2) is 6.11. The van der Waals surface area contributed by atoms with Gasteiger partial charge in [-0.05, 0) is 23.3 Å². The number of carbonyl (C=O) groups excluding carboxylic acids is 1. The summed E-state index contributed by atoms with van der Waals surface area (Å²) in [5.74, 6) is -2.52. The SMILES string of the molecule is CC1(C)CC(=O)C2=C(C1)NC1NNC(C3CC(F)(F)C3)C1C2(C)c1ccccc1. The van der Waals surface area contributed by atoms with Crippen molar-refractivity contribution in [2.75, 3.05) is 0 Å². The van der Waals surface area contributed by atoms with Gasteiger partial charge in [0.1, 0.15) is 0 Å². The highest BCUT2D eigenvalue weighted by Crippen LogP contribution is 2.55. The van der Waals surface area contributed by atoms with Crippen LogP contribution in [-0.4, -0.2) is 23.9 Å². The standard InChI is InChI=1S/C23H29F2N3O/c1-21(2)11-15-17(16(29)12-21)22(3,14-7-5-4-6-8-14)18-19(27-28-20(18)26-15)13-9-23(24,25)10-13/h4-8,13,18-20,26-28H,9-12H2,1-3H3. The van der Waals surface area contributed by atoms with Crippen molar-refractivity contribution in [2.24, 2.45) is 17.3 Å². The molecular weight excluding hydrogens is 372 g/mol. The number of rotatable bonds is 2. The lowest BCUT2D eigenvalue weighted by atomic mass is 9.55. The summed E-state index contributed by atoms with van der Waals surface area (Å²) in [6, 6.07) is 10.0. The fourth-order valence-corrected chi connectivity index (χ4v) is 6.29. The Morgan fingerprint density at radius 3 is 2.34 bits per heavy atom. The molecule has 0 spiro atoms. The summed E-state index contributed by atoms with van der Waals surface area (Å²) in [6.07, 6.45) is 1.05. The van der Waals surface area contributed by atoms with Gasteiger partial charge in [0.2, 0.25) is 5.92 Å². The maximum absolute atomic E-state index is 13.7. The number of ketones is 1. The zero-order valence-corrected chi connectivity index (χ0v) is 17.2. The van der Waals surface area contributed by atoms with Crippen molar-refractivity contribution in [2.45, 2.75) is 70.0 Å². The number of nitrogens with one attached hydrogen (secondary N) is 3. The molecule has 4 aliphatic rings. The van der Waals surface area contributed by atoms with Crippen LogP contribution < -0.4 is 16.2 Å². The first-order valence-electron chi connectivity index (χ1n) is 10.6. The summed E-state index contributed by atoms with van der Waals surface area (Å²) in [5.41, 5.74) is 8.98. The first kappa shape index (κ1) is 19.2. The Balaban J connectivity index is 1.63. The van der Waals surface area contributed by atoms with E-state index in [-0.39, 0.29) is 48.1 Å². The maximum Gasteiger partial charge on any atom is 0.248 e. The lowest BCUT2D eigenvalue weighted by Crippen LogP contribution is -2.60. The lowest BCUT2D eigenvalue weighted by Gasteiger charge is -2.52. The van der Waals surface area contributed by atoms with Crippen molar-refractivity contribution >= 4 is 5.78 Å². The fraction of sp³-hybridized carbons (Fsp3) is 0.609. The largest absolute Gasteiger partial charge is 0.371 e. The van der Waals surface area contributed by atoms with Gasteiger partial charge in [0.05, 0.1) is 6.17 Å². The maximum atomic E-state index is 13.7. The second-order valence-electron chi connectivity index (χ2n) is 10.3. The third kappa shape index (κ3) is 2.87. The van der Waals surface area contributed by atoms with Crippen molar-refractivity contribution in [3.05, 3.63) is 47.2 Å². The number of Topliss-reactive ketones (excluding diaryl/α,β-unsaturated/α-hetero) is 1. The van der Waals surface area contributed by atoms with E-state index in [1.807, 2.05) is 18.2 Å². The molecule has 156 valence electrons. The predicted molar refractivity (Wildman–Crippen MR) is 107 cm³/mol. The first-order valence-corrected chi connectivity index (χ1v) is 10.6. The van der Waals surface area contributed by atoms with Gasteiger partial charge in [-0.3, -0.25) is 10.2 Å². The zero-order valence-electron chi connectivity index (χ0n) is 17.2. The van der Waals surface area contributed by atoms with Gasteiger partial charge in [0.25, 0.3) is 0 Å². The molecule has 1 aromatic rings. The first-order chi connectivity index (χ1) is 13.6. The number of allylic oxidation sites excluding steroid dienone is 2. The molecular formula is C23H29F2N3O. The number of benzene rings is 1. The summed E-state index contributed by atoms with van der Waals surface area (Å²) < 4.78 is 27.3. The lowest BCUT2D eigenvalue weighted by molar-refractivity contribution is -0.126. The van der Waals surface area contributed by atoms with E-state index in [2.05, 4.69) is 49.1 Å². The third-order valence-electron chi connectivity index (χ3n) is 7.55. The molecule has 0 radical (unpaired) electrons. The molecule has 4 nitrogen and oxygen atoms in total. The molecule has 2 aliphatic carbocycles. The number of fused-ring (bicyclic) bond motifs is 1. The number of alkyl halides is 2. The molecule has 0 bridgehead atoms. The summed E-state index contributed by atoms with van der Waals surface area (Å²) >= 11 is 0. The normalized spacial score (nSPS) is 38.1. The molecule has 0 aromatic heterocycles. The Labute approximate surface area is 170 Å². The van der Waals surface area contributed by atoms with Gasteiger partial charge < -0.3 is 5.32 Å². The Morgan fingerprint density at radius 2 is 1.69 bits per heavy atom. The van der Waals surface area contributed by atoms with Gasteiger partial charge in [0, 0.05) is 47.9 Å². The molecule has 1 aromatic carbocycles. The molecule has 2 aliphatic heterocycles. The van der Waals surface area contributed by atoms with Gasteiger partial charge in [-0.15, -0.1) is 0 Å². The number of hydrazine groups is 1. The highest BCUT2D eigenvalue weighted by atomic mass is 19.3. The van der Waals surface area contributed by atoms with Crippen molar-refractivity contribution in [3.8, 4) is 0 Å². The minimum absolute atomic E-state index is 0.0325. The highest BCUT2D eigenvalue weighted by Gasteiger charge is 2.61. The number of hydrogen-bond acceptors (Lipinski definition) is 4. The topological polar surface area (TPSA) is 53.2 Å². The van der Waals surface area contributed by atoms with Gasteiger partial charge in [-0.25, -0.2) is 14.2 Å². The van der Waals surface area contributed by atoms with Crippen LogP contribution in [-0.2, 0) is 10.2 Å². The molecule has 0 amide bonds. The molecule has 2 fully saturated rings. The van der Waals surface area contributed by atoms with Crippen LogP contribution in [0.2, 0.25) is 0 Å². The van der Waals surface area contributed by atoms with Crippen molar-refractivity contribution in [1.82, 2.24) is 16.2 Å². The Bertz CT molecular complexity index is 873. The van der Waals surface area contributed by atoms with Gasteiger partial charge in [-0.2, -0.15) is 0 Å². The summed E-state index contributed by atoms with van der Waals surface area (Å²) in [7, 11) is 0. The van der Waals surface area contributed by atoms with Crippen LogP contribution in [0, 0.1) is 17.3 Å². The average molecular weight is 402 g/mol. The van der Waals surface area contributed by atoms with Crippen molar-refractivity contribution < 1.29 is 13.6 Å². The molecule has 1 saturated carbocycles. The van der Waals surface area contributed by atoms with E-state index in [1.165, 1.54) is 0 Å². The van der Waals surface area contributed by atoms with Crippen LogP contribution in [0.5, 0.6) is 0 Å². The van der Waals surface area contributed by atoms with E-state index >= 15 is 0 Å². The van der Waals surface area contributed by atoms with Gasteiger partial charge in [-0.1, -0.05) is 51.1 Å². The van der Waals surface area contributed by atoms with E-state index < -0.39 is 11.3 Å². The molecule has 6 heteroatoms. The number of halogens is 2. The van der Waals surface area contributed by atoms with Crippen LogP contribution >= 0.6 is 0 Å². The molecule has 4 atom stereocenters. The second-order valence-corrected chi connectivity index (χ2v) is 10.3. The molecule has 2 heterocycles. The van der Waals surface area contributed by atoms with Crippen molar-refractivity contribution in [1.29, 1.82) is 0 Å². The molecule has 4 unspecified atom stereocenters.